The molecule has 3 nitrogen and oxygen atoms in total. The van der Waals surface area contributed by atoms with Crippen molar-refractivity contribution in [3.8, 4) is 5.75 Å². The Bertz CT molecular complexity index is 399. The maximum atomic E-state index is 6.05. The quantitative estimate of drug-likeness (QED) is 0.854. The van der Waals surface area contributed by atoms with Crippen LogP contribution < -0.4 is 15.4 Å². The van der Waals surface area contributed by atoms with Crippen LogP contribution in [-0.4, -0.2) is 25.7 Å². The van der Waals surface area contributed by atoms with Crippen molar-refractivity contribution in [1.82, 2.24) is 10.6 Å². The monoisotopic (exact) mass is 246 g/mol. The fourth-order valence-electron chi connectivity index (χ4n) is 2.89. The summed E-state index contributed by atoms with van der Waals surface area (Å²) in [5.74, 6) is 1.10. The Morgan fingerprint density at radius 2 is 2.22 bits per heavy atom. The van der Waals surface area contributed by atoms with Crippen molar-refractivity contribution in [2.45, 2.75) is 38.3 Å². The van der Waals surface area contributed by atoms with Crippen LogP contribution in [0.2, 0.25) is 0 Å². The predicted octanol–water partition coefficient (Wildman–Crippen LogP) is 1.85. The van der Waals surface area contributed by atoms with Crippen LogP contribution in [-0.2, 0) is 13.0 Å². The van der Waals surface area contributed by atoms with E-state index in [9.17, 15) is 0 Å². The second-order valence-electron chi connectivity index (χ2n) is 5.28. The third-order valence-corrected chi connectivity index (χ3v) is 3.95. The van der Waals surface area contributed by atoms with Gasteiger partial charge in [-0.25, -0.2) is 0 Å². The summed E-state index contributed by atoms with van der Waals surface area (Å²) >= 11 is 0. The third-order valence-electron chi connectivity index (χ3n) is 3.95. The first kappa shape index (κ1) is 12.0. The molecule has 3 rings (SSSR count). The first-order chi connectivity index (χ1) is 8.93. The Kier molecular flexibility index (Phi) is 3.81. The van der Waals surface area contributed by atoms with Crippen LogP contribution in [0.25, 0.3) is 0 Å². The maximum Gasteiger partial charge on any atom is 0.122 e. The van der Waals surface area contributed by atoms with E-state index in [0.717, 1.165) is 38.4 Å². The van der Waals surface area contributed by atoms with E-state index in [1.54, 1.807) is 0 Å². The smallest absolute Gasteiger partial charge is 0.122 e. The molecule has 2 aliphatic rings. The zero-order valence-corrected chi connectivity index (χ0v) is 10.9. The van der Waals surface area contributed by atoms with Crippen molar-refractivity contribution in [1.29, 1.82) is 0 Å². The van der Waals surface area contributed by atoms with Gasteiger partial charge in [0.25, 0.3) is 0 Å². The highest BCUT2D eigenvalue weighted by atomic mass is 16.5. The zero-order chi connectivity index (χ0) is 12.2. The van der Waals surface area contributed by atoms with Gasteiger partial charge in [-0.05, 0) is 49.5 Å². The molecule has 3 heteroatoms. The standard InChI is InChI=1S/C15H22N2O/c1-2-8-17-13(5-1)11-18-15-6-3-4-12-10-16-9-7-14(12)15/h3-4,6,13,16-17H,1-2,5,7-11H2. The molecule has 0 aromatic heterocycles. The molecule has 0 amide bonds. The van der Waals surface area contributed by atoms with Crippen LogP contribution >= 0.6 is 0 Å². The molecule has 98 valence electrons. The molecule has 0 spiro atoms. The summed E-state index contributed by atoms with van der Waals surface area (Å²) in [6.07, 6.45) is 4.97. The van der Waals surface area contributed by atoms with Gasteiger partial charge >= 0.3 is 0 Å². The van der Waals surface area contributed by atoms with Gasteiger partial charge in [-0.3, -0.25) is 0 Å². The Balaban J connectivity index is 1.65. The van der Waals surface area contributed by atoms with Crippen LogP contribution in [0.1, 0.15) is 30.4 Å². The topological polar surface area (TPSA) is 33.3 Å². The number of rotatable bonds is 3. The highest BCUT2D eigenvalue weighted by Gasteiger charge is 2.16. The number of ether oxygens (including phenoxy) is 1. The average molecular weight is 246 g/mol. The van der Waals surface area contributed by atoms with Gasteiger partial charge in [0.2, 0.25) is 0 Å². The summed E-state index contributed by atoms with van der Waals surface area (Å²) < 4.78 is 6.05. The predicted molar refractivity (Wildman–Crippen MR) is 73.0 cm³/mol. The molecular weight excluding hydrogens is 224 g/mol. The van der Waals surface area contributed by atoms with E-state index in [2.05, 4.69) is 28.8 Å². The van der Waals surface area contributed by atoms with E-state index in [4.69, 9.17) is 4.74 Å². The average Bonchev–Trinajstić information content (AvgIpc) is 2.46. The lowest BCUT2D eigenvalue weighted by Crippen LogP contribution is -2.38. The van der Waals surface area contributed by atoms with E-state index >= 15 is 0 Å². The third kappa shape index (κ3) is 2.68. The van der Waals surface area contributed by atoms with E-state index in [-0.39, 0.29) is 0 Å². The minimum Gasteiger partial charge on any atom is -0.492 e. The second-order valence-corrected chi connectivity index (χ2v) is 5.28. The molecule has 1 aromatic rings. The van der Waals surface area contributed by atoms with E-state index in [0.29, 0.717) is 6.04 Å². The van der Waals surface area contributed by atoms with Crippen LogP contribution in [0.3, 0.4) is 0 Å². The van der Waals surface area contributed by atoms with Crippen LogP contribution in [0.5, 0.6) is 5.75 Å². The lowest BCUT2D eigenvalue weighted by atomic mass is 10.00. The molecule has 0 saturated carbocycles. The number of fused-ring (bicyclic) bond motifs is 1. The summed E-state index contributed by atoms with van der Waals surface area (Å²) in [5.41, 5.74) is 2.81. The molecule has 18 heavy (non-hydrogen) atoms. The van der Waals surface area contributed by atoms with E-state index in [1.165, 1.54) is 30.4 Å². The molecule has 2 heterocycles. The van der Waals surface area contributed by atoms with Crippen LogP contribution in [0.4, 0.5) is 0 Å². The van der Waals surface area contributed by atoms with Crippen molar-refractivity contribution in [2.75, 3.05) is 19.7 Å². The minimum atomic E-state index is 0.538. The molecule has 0 bridgehead atoms. The van der Waals surface area contributed by atoms with Gasteiger partial charge in [0, 0.05) is 12.6 Å². The van der Waals surface area contributed by atoms with Crippen molar-refractivity contribution in [2.24, 2.45) is 0 Å². The largest absolute Gasteiger partial charge is 0.492 e. The Hall–Kier alpha value is -1.06. The molecule has 1 aromatic carbocycles. The van der Waals surface area contributed by atoms with Gasteiger partial charge in [0.1, 0.15) is 12.4 Å². The molecule has 0 aliphatic carbocycles. The molecule has 1 saturated heterocycles. The van der Waals surface area contributed by atoms with Gasteiger partial charge in [0.15, 0.2) is 0 Å². The minimum absolute atomic E-state index is 0.538. The highest BCUT2D eigenvalue weighted by Crippen LogP contribution is 2.25. The Labute approximate surface area is 109 Å². The number of piperidine rings is 1. The van der Waals surface area contributed by atoms with Gasteiger partial charge in [0.05, 0.1) is 0 Å². The molecule has 1 atom stereocenters. The molecule has 2 N–H and O–H groups in total. The molecule has 1 fully saturated rings. The summed E-state index contributed by atoms with van der Waals surface area (Å²) in [7, 11) is 0. The number of hydrogen-bond acceptors (Lipinski definition) is 3. The maximum absolute atomic E-state index is 6.05. The van der Waals surface area contributed by atoms with Gasteiger partial charge in [-0.1, -0.05) is 18.6 Å². The van der Waals surface area contributed by atoms with Gasteiger partial charge < -0.3 is 15.4 Å². The first-order valence-corrected chi connectivity index (χ1v) is 7.11. The van der Waals surface area contributed by atoms with Gasteiger partial charge in [-0.15, -0.1) is 0 Å². The highest BCUT2D eigenvalue weighted by molar-refractivity contribution is 5.41. The molecular formula is C15H22N2O. The van der Waals surface area contributed by atoms with Crippen LogP contribution in [0, 0.1) is 0 Å². The lowest BCUT2D eigenvalue weighted by molar-refractivity contribution is 0.236. The van der Waals surface area contributed by atoms with Crippen molar-refractivity contribution in [3.05, 3.63) is 29.3 Å². The number of nitrogens with one attached hydrogen (secondary N) is 2. The summed E-state index contributed by atoms with van der Waals surface area (Å²) in [6.45, 7) is 4.00. The Morgan fingerprint density at radius 1 is 1.22 bits per heavy atom. The second kappa shape index (κ2) is 5.72. The van der Waals surface area contributed by atoms with Crippen molar-refractivity contribution >= 4 is 0 Å². The number of hydrogen-bond donors (Lipinski definition) is 2. The van der Waals surface area contributed by atoms with E-state index < -0.39 is 0 Å². The SMILES string of the molecule is c1cc2c(c(OCC3CCCCN3)c1)CCNC2. The number of benzene rings is 1. The van der Waals surface area contributed by atoms with E-state index in [1.807, 2.05) is 0 Å². The molecule has 0 radical (unpaired) electrons. The first-order valence-electron chi connectivity index (χ1n) is 7.11. The summed E-state index contributed by atoms with van der Waals surface area (Å²) in [6, 6.07) is 6.96. The zero-order valence-electron chi connectivity index (χ0n) is 10.9. The normalized spacial score (nSPS) is 23.4. The fourth-order valence-corrected chi connectivity index (χ4v) is 2.89. The Morgan fingerprint density at radius 3 is 3.11 bits per heavy atom. The van der Waals surface area contributed by atoms with Crippen molar-refractivity contribution < 1.29 is 4.74 Å². The summed E-state index contributed by atoms with van der Waals surface area (Å²) in [4.78, 5) is 0. The molecule has 2 aliphatic heterocycles. The molecule has 1 unspecified atom stereocenters. The fraction of sp³-hybridized carbons (Fsp3) is 0.600. The van der Waals surface area contributed by atoms with Crippen molar-refractivity contribution in [3.63, 3.8) is 0 Å². The lowest BCUT2D eigenvalue weighted by Gasteiger charge is -2.25. The van der Waals surface area contributed by atoms with Gasteiger partial charge in [-0.2, -0.15) is 0 Å². The van der Waals surface area contributed by atoms with Crippen LogP contribution in [0.15, 0.2) is 18.2 Å². The summed E-state index contributed by atoms with van der Waals surface area (Å²) in [5, 5.41) is 6.94.